The predicted octanol–water partition coefficient (Wildman–Crippen LogP) is 1.49. The maximum absolute atomic E-state index is 12.2. The lowest BCUT2D eigenvalue weighted by molar-refractivity contribution is 0.104. The summed E-state index contributed by atoms with van der Waals surface area (Å²) < 4.78 is 5.03. The van der Waals surface area contributed by atoms with Crippen molar-refractivity contribution in [3.63, 3.8) is 0 Å². The van der Waals surface area contributed by atoms with Gasteiger partial charge in [0.05, 0.1) is 12.7 Å². The number of pyridine rings is 1. The Morgan fingerprint density at radius 1 is 1.22 bits per heavy atom. The fourth-order valence-corrected chi connectivity index (χ4v) is 1.63. The largest absolute Gasteiger partial charge is 0.497 e. The molecule has 2 rings (SSSR count). The van der Waals surface area contributed by atoms with Gasteiger partial charge < -0.3 is 16.2 Å². The summed E-state index contributed by atoms with van der Waals surface area (Å²) in [4.78, 5) is 16.1. The van der Waals surface area contributed by atoms with Crippen molar-refractivity contribution in [3.05, 3.63) is 47.7 Å². The van der Waals surface area contributed by atoms with E-state index >= 15 is 0 Å². The molecule has 1 aromatic carbocycles. The van der Waals surface area contributed by atoms with Crippen molar-refractivity contribution in [2.75, 3.05) is 18.6 Å². The third-order valence-electron chi connectivity index (χ3n) is 2.59. The number of nitrogens with two attached hydrogens (primary N) is 2. The van der Waals surface area contributed by atoms with Crippen molar-refractivity contribution in [3.8, 4) is 5.75 Å². The van der Waals surface area contributed by atoms with E-state index in [1.165, 1.54) is 13.3 Å². The zero-order valence-electron chi connectivity index (χ0n) is 9.88. The number of hydrogen-bond acceptors (Lipinski definition) is 5. The molecule has 0 spiro atoms. The van der Waals surface area contributed by atoms with E-state index < -0.39 is 0 Å². The van der Waals surface area contributed by atoms with Gasteiger partial charge in [-0.1, -0.05) is 0 Å². The molecule has 0 atom stereocenters. The number of rotatable bonds is 3. The van der Waals surface area contributed by atoms with Gasteiger partial charge in [0.2, 0.25) is 0 Å². The molecular formula is C13H13N3O2. The molecule has 18 heavy (non-hydrogen) atoms. The summed E-state index contributed by atoms with van der Waals surface area (Å²) in [5.74, 6) is 0.543. The van der Waals surface area contributed by atoms with Crippen LogP contribution in [0.4, 0.5) is 11.5 Å². The second kappa shape index (κ2) is 4.75. The number of ketones is 1. The van der Waals surface area contributed by atoms with E-state index in [-0.39, 0.29) is 11.6 Å². The van der Waals surface area contributed by atoms with Crippen LogP contribution < -0.4 is 16.2 Å². The molecule has 5 nitrogen and oxygen atoms in total. The van der Waals surface area contributed by atoms with Crippen molar-refractivity contribution in [2.45, 2.75) is 0 Å². The number of nitrogens with zero attached hydrogens (tertiary/aromatic N) is 1. The van der Waals surface area contributed by atoms with Crippen LogP contribution in [0.5, 0.6) is 5.75 Å². The number of carbonyl (C=O) groups excluding carboxylic acids is 1. The molecule has 1 heterocycles. The Labute approximate surface area is 104 Å². The van der Waals surface area contributed by atoms with Crippen molar-refractivity contribution in [1.82, 2.24) is 4.98 Å². The predicted molar refractivity (Wildman–Crippen MR) is 69.5 cm³/mol. The lowest BCUT2D eigenvalue weighted by Crippen LogP contribution is -2.09. The summed E-state index contributed by atoms with van der Waals surface area (Å²) in [6.07, 6.45) is 1.53. The second-order valence-corrected chi connectivity index (χ2v) is 3.72. The summed E-state index contributed by atoms with van der Waals surface area (Å²) in [5.41, 5.74) is 12.6. The summed E-state index contributed by atoms with van der Waals surface area (Å²) in [6, 6.07) is 8.16. The van der Waals surface area contributed by atoms with Crippen LogP contribution in [-0.2, 0) is 0 Å². The van der Waals surface area contributed by atoms with Crippen LogP contribution in [0.25, 0.3) is 0 Å². The third kappa shape index (κ3) is 2.10. The summed E-state index contributed by atoms with van der Waals surface area (Å²) >= 11 is 0. The molecule has 0 saturated carbocycles. The monoisotopic (exact) mass is 243 g/mol. The highest BCUT2D eigenvalue weighted by Crippen LogP contribution is 2.23. The molecule has 0 unspecified atom stereocenters. The highest BCUT2D eigenvalue weighted by Gasteiger charge is 2.15. The lowest BCUT2D eigenvalue weighted by Gasteiger charge is -2.08. The Morgan fingerprint density at radius 3 is 2.61 bits per heavy atom. The molecule has 2 aromatic rings. The molecule has 0 amide bonds. The van der Waals surface area contributed by atoms with Crippen LogP contribution in [0, 0.1) is 0 Å². The smallest absolute Gasteiger partial charge is 0.198 e. The van der Waals surface area contributed by atoms with Gasteiger partial charge in [-0.15, -0.1) is 0 Å². The average molecular weight is 243 g/mol. The van der Waals surface area contributed by atoms with Gasteiger partial charge in [-0.25, -0.2) is 4.98 Å². The molecule has 5 heteroatoms. The molecule has 0 fully saturated rings. The van der Waals surface area contributed by atoms with Crippen LogP contribution in [0.3, 0.4) is 0 Å². The van der Waals surface area contributed by atoms with Crippen LogP contribution in [0.15, 0.2) is 36.5 Å². The minimum absolute atomic E-state index is 0.192. The first-order chi connectivity index (χ1) is 8.63. The minimum Gasteiger partial charge on any atom is -0.497 e. The minimum atomic E-state index is -0.249. The Hall–Kier alpha value is -2.56. The number of hydrogen-bond donors (Lipinski definition) is 2. The molecule has 0 aliphatic heterocycles. The van der Waals surface area contributed by atoms with Gasteiger partial charge in [-0.2, -0.15) is 0 Å². The van der Waals surface area contributed by atoms with Gasteiger partial charge in [0, 0.05) is 23.5 Å². The van der Waals surface area contributed by atoms with Crippen LogP contribution in [0.1, 0.15) is 15.9 Å². The first-order valence-corrected chi connectivity index (χ1v) is 5.32. The zero-order valence-corrected chi connectivity index (χ0v) is 9.88. The molecular weight excluding hydrogens is 230 g/mol. The first-order valence-electron chi connectivity index (χ1n) is 5.32. The Balaban J connectivity index is 2.44. The Morgan fingerprint density at radius 2 is 2.00 bits per heavy atom. The summed E-state index contributed by atoms with van der Waals surface area (Å²) in [7, 11) is 1.54. The fraction of sp³-hybridized carbons (Fsp3) is 0.0769. The molecule has 0 radical (unpaired) electrons. The maximum Gasteiger partial charge on any atom is 0.198 e. The molecule has 4 N–H and O–H groups in total. The second-order valence-electron chi connectivity index (χ2n) is 3.72. The highest BCUT2D eigenvalue weighted by atomic mass is 16.5. The molecule has 0 saturated heterocycles. The van der Waals surface area contributed by atoms with E-state index in [0.717, 1.165) is 0 Å². The van der Waals surface area contributed by atoms with Crippen molar-refractivity contribution < 1.29 is 9.53 Å². The summed E-state index contributed by atoms with van der Waals surface area (Å²) in [6.45, 7) is 0. The Bertz CT molecular complexity index is 597. The number of aromatic nitrogens is 1. The van der Waals surface area contributed by atoms with Crippen molar-refractivity contribution in [1.29, 1.82) is 0 Å². The van der Waals surface area contributed by atoms with Crippen molar-refractivity contribution in [2.24, 2.45) is 0 Å². The average Bonchev–Trinajstić information content (AvgIpc) is 2.38. The normalized spacial score (nSPS) is 10.1. The number of methoxy groups -OCH3 is 1. The van der Waals surface area contributed by atoms with Gasteiger partial charge in [-0.05, 0) is 24.3 Å². The van der Waals surface area contributed by atoms with E-state index in [9.17, 15) is 4.79 Å². The molecule has 0 aliphatic carbocycles. The number of carbonyl (C=O) groups is 1. The number of nitrogen functional groups attached to an aromatic ring is 2. The lowest BCUT2D eigenvalue weighted by atomic mass is 10.0. The topological polar surface area (TPSA) is 91.2 Å². The van der Waals surface area contributed by atoms with E-state index in [1.54, 1.807) is 30.3 Å². The molecule has 1 aromatic heterocycles. The van der Waals surface area contributed by atoms with Gasteiger partial charge in [0.15, 0.2) is 5.78 Å². The SMILES string of the molecule is COc1ccc(C(=O)c2cccnc2N)c(N)c1. The molecule has 0 aliphatic rings. The van der Waals surface area contributed by atoms with E-state index in [0.29, 0.717) is 22.6 Å². The molecule has 0 bridgehead atoms. The standard InChI is InChI=1S/C13H13N3O2/c1-18-8-4-5-9(11(14)7-8)12(17)10-3-2-6-16-13(10)15/h2-7H,14H2,1H3,(H2,15,16). The van der Waals surface area contributed by atoms with Gasteiger partial charge in [-0.3, -0.25) is 4.79 Å². The molecule has 92 valence electrons. The van der Waals surface area contributed by atoms with Crippen LogP contribution >= 0.6 is 0 Å². The quantitative estimate of drug-likeness (QED) is 0.629. The van der Waals surface area contributed by atoms with Gasteiger partial charge in [0.25, 0.3) is 0 Å². The first kappa shape index (κ1) is 11.9. The zero-order chi connectivity index (χ0) is 13.1. The number of benzene rings is 1. The van der Waals surface area contributed by atoms with Gasteiger partial charge in [0.1, 0.15) is 11.6 Å². The Kier molecular flexibility index (Phi) is 3.14. The number of anilines is 2. The van der Waals surface area contributed by atoms with E-state index in [2.05, 4.69) is 4.98 Å². The fourth-order valence-electron chi connectivity index (χ4n) is 1.63. The third-order valence-corrected chi connectivity index (χ3v) is 2.59. The van der Waals surface area contributed by atoms with E-state index in [1.807, 2.05) is 0 Å². The number of ether oxygens (including phenoxy) is 1. The van der Waals surface area contributed by atoms with E-state index in [4.69, 9.17) is 16.2 Å². The van der Waals surface area contributed by atoms with Gasteiger partial charge >= 0.3 is 0 Å². The highest BCUT2D eigenvalue weighted by molar-refractivity contribution is 6.14. The summed E-state index contributed by atoms with van der Waals surface area (Å²) in [5, 5.41) is 0. The maximum atomic E-state index is 12.2. The van der Waals surface area contributed by atoms with Crippen LogP contribution in [-0.4, -0.2) is 17.9 Å². The van der Waals surface area contributed by atoms with Crippen molar-refractivity contribution >= 4 is 17.3 Å². The van der Waals surface area contributed by atoms with Crippen LogP contribution in [0.2, 0.25) is 0 Å².